The lowest BCUT2D eigenvalue weighted by molar-refractivity contribution is 1.18. The molecule has 0 fully saturated rings. The topological polar surface area (TPSA) is 38.7 Å². The Kier molecular flexibility index (Phi) is 7.72. The number of benzene rings is 9. The lowest BCUT2D eigenvalue weighted by atomic mass is 9.92. The fourth-order valence-electron chi connectivity index (χ4n) is 8.81. The average molecular weight is 768 g/mol. The summed E-state index contributed by atoms with van der Waals surface area (Å²) >= 11 is 1.86. The second-order valence-electron chi connectivity index (χ2n) is 15.1. The fraction of sp³-hybridized carbons (Fsp3) is 0. The standard InChI is InChI=1S/C55H33N3S/c1-3-13-35(14-4-1)49-33-50(58-55(57-49)37-15-5-2-6-16-37)36-25-23-34(24-26-36)38-28-30-48-47(31-38)54-52(45-21-11-12-22-51(45)59-54)53(56-48)39-27-29-44-42-19-8-7-17-40(42)41-18-9-10-20-43(41)46(44)32-39/h1-33H. The molecule has 3 nitrogen and oxygen atoms in total. The van der Waals surface area contributed by atoms with Gasteiger partial charge in [0.05, 0.1) is 22.6 Å². The van der Waals surface area contributed by atoms with Crippen molar-refractivity contribution in [2.45, 2.75) is 0 Å². The summed E-state index contributed by atoms with van der Waals surface area (Å²) in [6.45, 7) is 0. The van der Waals surface area contributed by atoms with E-state index in [-0.39, 0.29) is 0 Å². The molecule has 0 aliphatic heterocycles. The minimum atomic E-state index is 0.713. The Labute approximate surface area is 344 Å². The van der Waals surface area contributed by atoms with E-state index in [1.807, 2.05) is 47.7 Å². The minimum Gasteiger partial charge on any atom is -0.247 e. The predicted octanol–water partition coefficient (Wildman–Crippen LogP) is 15.2. The zero-order valence-electron chi connectivity index (χ0n) is 31.8. The number of rotatable bonds is 5. The van der Waals surface area contributed by atoms with Crippen molar-refractivity contribution >= 4 is 74.7 Å². The van der Waals surface area contributed by atoms with Crippen LogP contribution < -0.4 is 0 Å². The highest BCUT2D eigenvalue weighted by Crippen LogP contribution is 2.45. The van der Waals surface area contributed by atoms with Crippen LogP contribution in [-0.2, 0) is 0 Å². The van der Waals surface area contributed by atoms with E-state index >= 15 is 0 Å². The van der Waals surface area contributed by atoms with E-state index in [1.54, 1.807) is 0 Å². The Morgan fingerprint density at radius 1 is 0.305 bits per heavy atom. The zero-order chi connectivity index (χ0) is 38.9. The molecule has 0 aliphatic carbocycles. The van der Waals surface area contributed by atoms with Crippen molar-refractivity contribution in [2.75, 3.05) is 0 Å². The van der Waals surface area contributed by atoms with Gasteiger partial charge in [-0.05, 0) is 73.8 Å². The van der Waals surface area contributed by atoms with Crippen molar-refractivity contribution in [3.8, 4) is 56.3 Å². The summed E-state index contributed by atoms with van der Waals surface area (Å²) in [5.41, 5.74) is 10.3. The van der Waals surface area contributed by atoms with Crippen LogP contribution in [0, 0.1) is 0 Å². The highest BCUT2D eigenvalue weighted by molar-refractivity contribution is 7.26. The van der Waals surface area contributed by atoms with E-state index in [4.69, 9.17) is 15.0 Å². The fourth-order valence-corrected chi connectivity index (χ4v) is 10.0. The van der Waals surface area contributed by atoms with Gasteiger partial charge in [-0.3, -0.25) is 0 Å². The summed E-state index contributed by atoms with van der Waals surface area (Å²) in [7, 11) is 0. The van der Waals surface area contributed by atoms with Crippen LogP contribution in [0.1, 0.15) is 0 Å². The number of hydrogen-bond acceptors (Lipinski definition) is 4. The number of aromatic nitrogens is 3. The summed E-state index contributed by atoms with van der Waals surface area (Å²) in [5.74, 6) is 0.713. The number of thiophene rings is 1. The smallest absolute Gasteiger partial charge is 0.160 e. The van der Waals surface area contributed by atoms with E-state index in [2.05, 4.69) is 164 Å². The van der Waals surface area contributed by atoms with Crippen LogP contribution in [0.3, 0.4) is 0 Å². The maximum atomic E-state index is 5.49. The SMILES string of the molecule is c1ccc(-c2cc(-c3ccc(-c4ccc5nc(-c6ccc7c8ccccc8c8ccccc8c7c6)c6c7ccccc7sc6c5c4)cc3)nc(-c3ccccc3)n2)cc1. The predicted molar refractivity (Wildman–Crippen MR) is 250 cm³/mol. The molecule has 12 rings (SSSR count). The van der Waals surface area contributed by atoms with Gasteiger partial charge in [-0.2, -0.15) is 0 Å². The van der Waals surface area contributed by atoms with Crippen LogP contribution in [-0.4, -0.2) is 15.0 Å². The number of fused-ring (bicyclic) bond motifs is 11. The molecule has 0 aliphatic rings. The van der Waals surface area contributed by atoms with Crippen LogP contribution in [0.5, 0.6) is 0 Å². The Morgan fingerprint density at radius 3 is 1.47 bits per heavy atom. The third kappa shape index (κ3) is 5.60. The molecule has 0 amide bonds. The van der Waals surface area contributed by atoms with E-state index in [0.717, 1.165) is 56.0 Å². The minimum absolute atomic E-state index is 0.713. The first kappa shape index (κ1) is 33.6. The molecule has 274 valence electrons. The van der Waals surface area contributed by atoms with Crippen LogP contribution in [0.2, 0.25) is 0 Å². The summed E-state index contributed by atoms with van der Waals surface area (Å²) in [4.78, 5) is 15.5. The lowest BCUT2D eigenvalue weighted by Gasteiger charge is -2.13. The van der Waals surface area contributed by atoms with Crippen molar-refractivity contribution in [2.24, 2.45) is 0 Å². The largest absolute Gasteiger partial charge is 0.247 e. The molecular formula is C55H33N3S. The molecule has 0 unspecified atom stereocenters. The zero-order valence-corrected chi connectivity index (χ0v) is 32.6. The second kappa shape index (κ2) is 13.6. The van der Waals surface area contributed by atoms with Crippen molar-refractivity contribution in [1.29, 1.82) is 0 Å². The van der Waals surface area contributed by atoms with Gasteiger partial charge in [-0.1, -0.05) is 170 Å². The third-order valence-electron chi connectivity index (χ3n) is 11.7. The van der Waals surface area contributed by atoms with Crippen LogP contribution in [0.4, 0.5) is 0 Å². The molecule has 3 heterocycles. The first-order chi connectivity index (χ1) is 29.2. The van der Waals surface area contributed by atoms with Gasteiger partial charge in [0.2, 0.25) is 0 Å². The molecule has 0 N–H and O–H groups in total. The summed E-state index contributed by atoms with van der Waals surface area (Å²) in [6, 6.07) is 71.3. The third-order valence-corrected chi connectivity index (χ3v) is 12.9. The van der Waals surface area contributed by atoms with Crippen molar-refractivity contribution in [1.82, 2.24) is 15.0 Å². The molecular weight excluding hydrogens is 735 g/mol. The molecule has 0 atom stereocenters. The molecule has 12 aromatic rings. The van der Waals surface area contributed by atoms with Crippen molar-refractivity contribution in [3.63, 3.8) is 0 Å². The lowest BCUT2D eigenvalue weighted by Crippen LogP contribution is -1.95. The Hall–Kier alpha value is -7.53. The van der Waals surface area contributed by atoms with Gasteiger partial charge >= 0.3 is 0 Å². The van der Waals surface area contributed by atoms with Gasteiger partial charge in [0.15, 0.2) is 5.82 Å². The highest BCUT2D eigenvalue weighted by Gasteiger charge is 2.19. The van der Waals surface area contributed by atoms with Gasteiger partial charge < -0.3 is 0 Å². The Morgan fingerprint density at radius 2 is 0.797 bits per heavy atom. The first-order valence-electron chi connectivity index (χ1n) is 19.9. The number of hydrogen-bond donors (Lipinski definition) is 0. The highest BCUT2D eigenvalue weighted by atomic mass is 32.1. The van der Waals surface area contributed by atoms with Crippen LogP contribution in [0.15, 0.2) is 200 Å². The molecule has 9 aromatic carbocycles. The summed E-state index contributed by atoms with van der Waals surface area (Å²) in [5, 5.41) is 11.2. The van der Waals surface area contributed by atoms with E-state index in [1.165, 1.54) is 57.9 Å². The van der Waals surface area contributed by atoms with Gasteiger partial charge in [-0.15, -0.1) is 11.3 Å². The molecule has 0 saturated carbocycles. The van der Waals surface area contributed by atoms with E-state index < -0.39 is 0 Å². The van der Waals surface area contributed by atoms with E-state index in [9.17, 15) is 0 Å². The molecule has 0 spiro atoms. The summed E-state index contributed by atoms with van der Waals surface area (Å²) < 4.78 is 2.52. The molecule has 0 saturated heterocycles. The second-order valence-corrected chi connectivity index (χ2v) is 16.2. The number of nitrogens with zero attached hydrogens (tertiary/aromatic N) is 3. The number of pyridine rings is 1. The monoisotopic (exact) mass is 767 g/mol. The van der Waals surface area contributed by atoms with Crippen molar-refractivity contribution in [3.05, 3.63) is 200 Å². The van der Waals surface area contributed by atoms with Crippen LogP contribution in [0.25, 0.3) is 120 Å². The maximum absolute atomic E-state index is 5.49. The normalized spacial score (nSPS) is 11.7. The average Bonchev–Trinajstić information content (AvgIpc) is 3.72. The molecule has 0 radical (unpaired) electrons. The Bertz CT molecular complexity index is 3500. The molecule has 0 bridgehead atoms. The maximum Gasteiger partial charge on any atom is 0.160 e. The molecule has 3 aromatic heterocycles. The van der Waals surface area contributed by atoms with Crippen LogP contribution >= 0.6 is 11.3 Å². The van der Waals surface area contributed by atoms with E-state index in [0.29, 0.717) is 5.82 Å². The molecule has 59 heavy (non-hydrogen) atoms. The van der Waals surface area contributed by atoms with Gasteiger partial charge in [0.1, 0.15) is 0 Å². The first-order valence-corrected chi connectivity index (χ1v) is 20.7. The van der Waals surface area contributed by atoms with Gasteiger partial charge in [0, 0.05) is 47.8 Å². The van der Waals surface area contributed by atoms with Gasteiger partial charge in [-0.25, -0.2) is 15.0 Å². The molecule has 4 heteroatoms. The summed E-state index contributed by atoms with van der Waals surface area (Å²) in [6.07, 6.45) is 0. The quantitative estimate of drug-likeness (QED) is 0.164. The van der Waals surface area contributed by atoms with Gasteiger partial charge in [0.25, 0.3) is 0 Å². The Balaban J connectivity index is 0.989. The van der Waals surface area contributed by atoms with Crippen molar-refractivity contribution < 1.29 is 0 Å².